The average Bonchev–Trinajstić information content (AvgIpc) is 2.64. The Labute approximate surface area is 155 Å². The molecule has 2 rings (SSSR count). The predicted octanol–water partition coefficient (Wildman–Crippen LogP) is 2.54. The van der Waals surface area contributed by atoms with Gasteiger partial charge in [-0.1, -0.05) is 13.3 Å². The number of aliphatic imine (C=N–C) groups is 1. The topological polar surface area (TPSA) is 42.9 Å². The molecular weight excluding hydrogens is 310 g/mol. The van der Waals surface area contributed by atoms with Gasteiger partial charge < -0.3 is 20.4 Å². The van der Waals surface area contributed by atoms with Gasteiger partial charge in [0.15, 0.2) is 5.96 Å². The van der Waals surface area contributed by atoms with Crippen LogP contribution in [0.15, 0.2) is 4.99 Å². The van der Waals surface area contributed by atoms with Crippen LogP contribution in [0.25, 0.3) is 0 Å². The molecule has 2 aliphatic heterocycles. The molecule has 0 saturated carbocycles. The lowest BCUT2D eigenvalue weighted by atomic mass is 9.97. The molecule has 2 saturated heterocycles. The van der Waals surface area contributed by atoms with Gasteiger partial charge in [-0.25, -0.2) is 0 Å². The second-order valence-corrected chi connectivity index (χ2v) is 7.90. The van der Waals surface area contributed by atoms with Crippen LogP contribution in [0.1, 0.15) is 58.8 Å². The molecule has 1 unspecified atom stereocenters. The monoisotopic (exact) mass is 351 g/mol. The highest BCUT2D eigenvalue weighted by atomic mass is 15.2. The maximum Gasteiger partial charge on any atom is 0.190 e. The molecule has 0 aromatic rings. The van der Waals surface area contributed by atoms with Crippen molar-refractivity contribution < 1.29 is 0 Å². The van der Waals surface area contributed by atoms with Gasteiger partial charge in [0, 0.05) is 32.7 Å². The molecule has 0 bridgehead atoms. The minimum atomic E-state index is 0.768. The van der Waals surface area contributed by atoms with E-state index in [-0.39, 0.29) is 0 Å². The standard InChI is InChI=1S/C20H41N5/c1-4-12-24-15-9-19(10-16-24)17-23-20(21-3)22-11-7-14-25-13-6-5-8-18(25)2/h18-19H,4-17H2,1-3H3,(H2,21,22,23). The number of nitrogens with one attached hydrogen (secondary N) is 2. The van der Waals surface area contributed by atoms with Crippen molar-refractivity contribution in [2.45, 2.75) is 64.8 Å². The van der Waals surface area contributed by atoms with Crippen LogP contribution >= 0.6 is 0 Å². The van der Waals surface area contributed by atoms with E-state index in [9.17, 15) is 0 Å². The van der Waals surface area contributed by atoms with Gasteiger partial charge in [0.2, 0.25) is 0 Å². The average molecular weight is 352 g/mol. The van der Waals surface area contributed by atoms with Crippen molar-refractivity contribution in [3.05, 3.63) is 0 Å². The number of guanidine groups is 1. The van der Waals surface area contributed by atoms with Gasteiger partial charge in [-0.15, -0.1) is 0 Å². The Balaban J connectivity index is 1.55. The van der Waals surface area contributed by atoms with Crippen molar-refractivity contribution in [1.82, 2.24) is 20.4 Å². The molecule has 2 N–H and O–H groups in total. The van der Waals surface area contributed by atoms with Crippen molar-refractivity contribution in [2.75, 3.05) is 52.9 Å². The van der Waals surface area contributed by atoms with Crippen LogP contribution in [0.3, 0.4) is 0 Å². The molecule has 5 nitrogen and oxygen atoms in total. The predicted molar refractivity (Wildman–Crippen MR) is 108 cm³/mol. The van der Waals surface area contributed by atoms with Gasteiger partial charge in [0.05, 0.1) is 0 Å². The van der Waals surface area contributed by atoms with Crippen LogP contribution in [0.5, 0.6) is 0 Å². The van der Waals surface area contributed by atoms with Crippen molar-refractivity contribution in [1.29, 1.82) is 0 Å². The zero-order valence-corrected chi connectivity index (χ0v) is 16.9. The molecule has 2 fully saturated rings. The highest BCUT2D eigenvalue weighted by Crippen LogP contribution is 2.17. The van der Waals surface area contributed by atoms with Gasteiger partial charge in [-0.05, 0) is 77.5 Å². The van der Waals surface area contributed by atoms with Crippen molar-refractivity contribution in [3.63, 3.8) is 0 Å². The Kier molecular flexibility index (Phi) is 9.63. The Hall–Kier alpha value is -0.810. The number of hydrogen-bond donors (Lipinski definition) is 2. The second kappa shape index (κ2) is 11.7. The molecule has 0 spiro atoms. The molecule has 1 atom stereocenters. The molecule has 2 heterocycles. The molecular formula is C20H41N5. The summed E-state index contributed by atoms with van der Waals surface area (Å²) >= 11 is 0. The summed E-state index contributed by atoms with van der Waals surface area (Å²) in [6, 6.07) is 0.768. The summed E-state index contributed by atoms with van der Waals surface area (Å²) in [5, 5.41) is 7.03. The summed E-state index contributed by atoms with van der Waals surface area (Å²) in [7, 11) is 1.88. The Morgan fingerprint density at radius 1 is 1.04 bits per heavy atom. The molecule has 2 aliphatic rings. The molecule has 25 heavy (non-hydrogen) atoms. The lowest BCUT2D eigenvalue weighted by molar-refractivity contribution is 0.159. The largest absolute Gasteiger partial charge is 0.356 e. The molecule has 0 aromatic heterocycles. The second-order valence-electron chi connectivity index (χ2n) is 7.90. The van der Waals surface area contributed by atoms with Crippen LogP contribution < -0.4 is 10.6 Å². The summed E-state index contributed by atoms with van der Waals surface area (Å²) < 4.78 is 0. The van der Waals surface area contributed by atoms with Crippen molar-refractivity contribution >= 4 is 5.96 Å². The number of nitrogens with zero attached hydrogens (tertiary/aromatic N) is 3. The SMILES string of the molecule is CCCN1CCC(CNC(=NC)NCCCN2CCCCC2C)CC1. The van der Waals surface area contributed by atoms with Crippen LogP contribution in [-0.2, 0) is 0 Å². The zero-order valence-electron chi connectivity index (χ0n) is 16.9. The number of piperidine rings is 2. The summed E-state index contributed by atoms with van der Waals surface area (Å²) in [6.45, 7) is 13.0. The van der Waals surface area contributed by atoms with Crippen LogP contribution in [0.4, 0.5) is 0 Å². The third-order valence-corrected chi connectivity index (χ3v) is 5.88. The maximum atomic E-state index is 4.39. The highest BCUT2D eigenvalue weighted by molar-refractivity contribution is 5.79. The molecule has 146 valence electrons. The van der Waals surface area contributed by atoms with E-state index < -0.39 is 0 Å². The van der Waals surface area contributed by atoms with E-state index in [1.807, 2.05) is 7.05 Å². The van der Waals surface area contributed by atoms with E-state index >= 15 is 0 Å². The van der Waals surface area contributed by atoms with Gasteiger partial charge >= 0.3 is 0 Å². The van der Waals surface area contributed by atoms with E-state index in [0.29, 0.717) is 0 Å². The third kappa shape index (κ3) is 7.53. The Bertz CT molecular complexity index is 376. The molecule has 0 radical (unpaired) electrons. The first-order valence-corrected chi connectivity index (χ1v) is 10.6. The number of likely N-dealkylation sites (tertiary alicyclic amines) is 2. The summed E-state index contributed by atoms with van der Waals surface area (Å²) in [5.41, 5.74) is 0. The Morgan fingerprint density at radius 3 is 2.52 bits per heavy atom. The first kappa shape index (κ1) is 20.5. The van der Waals surface area contributed by atoms with Gasteiger partial charge in [0.25, 0.3) is 0 Å². The van der Waals surface area contributed by atoms with E-state index in [1.54, 1.807) is 0 Å². The number of hydrogen-bond acceptors (Lipinski definition) is 3. The fourth-order valence-electron chi connectivity index (χ4n) is 4.17. The number of rotatable bonds is 8. The highest BCUT2D eigenvalue weighted by Gasteiger charge is 2.19. The van der Waals surface area contributed by atoms with E-state index in [4.69, 9.17) is 0 Å². The van der Waals surface area contributed by atoms with E-state index in [0.717, 1.165) is 31.0 Å². The van der Waals surface area contributed by atoms with Gasteiger partial charge in [0.1, 0.15) is 0 Å². The van der Waals surface area contributed by atoms with Crippen LogP contribution in [-0.4, -0.2) is 74.7 Å². The van der Waals surface area contributed by atoms with Gasteiger partial charge in [-0.3, -0.25) is 4.99 Å². The lowest BCUT2D eigenvalue weighted by Gasteiger charge is -2.33. The summed E-state index contributed by atoms with van der Waals surface area (Å²) in [6.07, 6.45) is 9.25. The van der Waals surface area contributed by atoms with Crippen LogP contribution in [0, 0.1) is 5.92 Å². The van der Waals surface area contributed by atoms with Crippen molar-refractivity contribution in [3.8, 4) is 0 Å². The Morgan fingerprint density at radius 2 is 1.84 bits per heavy atom. The third-order valence-electron chi connectivity index (χ3n) is 5.88. The quantitative estimate of drug-likeness (QED) is 0.401. The fraction of sp³-hybridized carbons (Fsp3) is 0.950. The fourth-order valence-corrected chi connectivity index (χ4v) is 4.17. The molecule has 0 aliphatic carbocycles. The first-order chi connectivity index (χ1) is 12.2. The molecule has 0 amide bonds. The zero-order chi connectivity index (χ0) is 17.9. The first-order valence-electron chi connectivity index (χ1n) is 10.6. The lowest BCUT2D eigenvalue weighted by Crippen LogP contribution is -2.44. The van der Waals surface area contributed by atoms with E-state index in [1.165, 1.54) is 77.7 Å². The van der Waals surface area contributed by atoms with E-state index in [2.05, 4.69) is 39.3 Å². The maximum absolute atomic E-state index is 4.39. The summed E-state index contributed by atoms with van der Waals surface area (Å²) in [4.78, 5) is 9.63. The summed E-state index contributed by atoms with van der Waals surface area (Å²) in [5.74, 6) is 1.77. The minimum Gasteiger partial charge on any atom is -0.356 e. The molecule has 0 aromatic carbocycles. The smallest absolute Gasteiger partial charge is 0.190 e. The normalized spacial score (nSPS) is 24.4. The van der Waals surface area contributed by atoms with Crippen LogP contribution in [0.2, 0.25) is 0 Å². The molecule has 5 heteroatoms. The minimum absolute atomic E-state index is 0.768. The van der Waals surface area contributed by atoms with Crippen molar-refractivity contribution in [2.24, 2.45) is 10.9 Å². The van der Waals surface area contributed by atoms with Gasteiger partial charge in [-0.2, -0.15) is 0 Å².